The largest absolute Gasteiger partial charge is 0.289 e. The van der Waals surface area contributed by atoms with Crippen molar-refractivity contribution < 1.29 is 4.79 Å². The Morgan fingerprint density at radius 3 is 2.32 bits per heavy atom. The number of hydrogen-bond acceptors (Lipinski definition) is 1. The average Bonchev–Trinajstić information content (AvgIpc) is 2.60. The Kier molecular flexibility index (Phi) is 2.97. The van der Waals surface area contributed by atoms with E-state index in [0.29, 0.717) is 5.56 Å². The van der Waals surface area contributed by atoms with Crippen molar-refractivity contribution in [3.63, 3.8) is 0 Å². The van der Waals surface area contributed by atoms with Gasteiger partial charge in [-0.1, -0.05) is 72.8 Å². The van der Waals surface area contributed by atoms with Gasteiger partial charge in [-0.05, 0) is 27.6 Å². The zero-order valence-corrected chi connectivity index (χ0v) is 11.9. The molecule has 0 atom stereocenters. The standard InChI is InChI=1S/C21H13O/c22-21(18-13-12-15-6-1-2-8-17(15)14-18)20-11-5-9-16-7-3-4-10-19(16)20/h1-13H. The van der Waals surface area contributed by atoms with Crippen LogP contribution in [0.3, 0.4) is 0 Å². The van der Waals surface area contributed by atoms with Gasteiger partial charge >= 0.3 is 0 Å². The fourth-order valence-electron chi connectivity index (χ4n) is 2.82. The smallest absolute Gasteiger partial charge is 0.194 e. The number of benzene rings is 4. The summed E-state index contributed by atoms with van der Waals surface area (Å²) in [6.07, 6.45) is 0. The van der Waals surface area contributed by atoms with Crippen molar-refractivity contribution in [1.82, 2.24) is 0 Å². The Morgan fingerprint density at radius 2 is 1.41 bits per heavy atom. The predicted molar refractivity (Wildman–Crippen MR) is 90.2 cm³/mol. The summed E-state index contributed by atoms with van der Waals surface area (Å²) in [7, 11) is 0. The van der Waals surface area contributed by atoms with Crippen LogP contribution >= 0.6 is 0 Å². The summed E-state index contributed by atoms with van der Waals surface area (Å²) in [5, 5.41) is 4.12. The molecular formula is C21H13O. The molecule has 0 unspecified atom stereocenters. The Morgan fingerprint density at radius 1 is 0.682 bits per heavy atom. The molecule has 1 radical (unpaired) electrons. The molecule has 1 heteroatoms. The zero-order chi connectivity index (χ0) is 14.9. The Bertz CT molecular complexity index is 993. The van der Waals surface area contributed by atoms with Crippen molar-refractivity contribution in [3.05, 3.63) is 96.1 Å². The van der Waals surface area contributed by atoms with Crippen molar-refractivity contribution in [1.29, 1.82) is 0 Å². The number of carbonyl (C=O) groups excluding carboxylic acids is 1. The summed E-state index contributed by atoms with van der Waals surface area (Å²) >= 11 is 0. The first-order valence-corrected chi connectivity index (χ1v) is 7.26. The van der Waals surface area contributed by atoms with Gasteiger partial charge in [-0.2, -0.15) is 0 Å². The van der Waals surface area contributed by atoms with Gasteiger partial charge in [0.15, 0.2) is 5.78 Å². The third-order valence-corrected chi connectivity index (χ3v) is 3.94. The van der Waals surface area contributed by atoms with Crippen molar-refractivity contribution in [3.8, 4) is 0 Å². The maximum atomic E-state index is 12.9. The molecule has 0 fully saturated rings. The normalized spacial score (nSPS) is 10.9. The van der Waals surface area contributed by atoms with E-state index in [1.54, 1.807) is 0 Å². The highest BCUT2D eigenvalue weighted by atomic mass is 16.1. The number of ketones is 1. The van der Waals surface area contributed by atoms with Gasteiger partial charge in [0, 0.05) is 17.2 Å². The molecule has 0 amide bonds. The SMILES string of the molecule is O=C(c1[c]c2ccccc2cc1)c1cccc2ccccc12. The predicted octanol–water partition coefficient (Wildman–Crippen LogP) is 5.02. The first-order chi connectivity index (χ1) is 10.8. The van der Waals surface area contributed by atoms with Crippen LogP contribution in [0.5, 0.6) is 0 Å². The van der Waals surface area contributed by atoms with Crippen LogP contribution in [-0.2, 0) is 0 Å². The van der Waals surface area contributed by atoms with Crippen LogP contribution in [0.4, 0.5) is 0 Å². The molecule has 0 spiro atoms. The minimum Gasteiger partial charge on any atom is -0.289 e. The lowest BCUT2D eigenvalue weighted by Crippen LogP contribution is -2.02. The third kappa shape index (κ3) is 2.08. The van der Waals surface area contributed by atoms with Crippen LogP contribution in [-0.4, -0.2) is 5.78 Å². The molecular weight excluding hydrogens is 268 g/mol. The molecule has 0 saturated heterocycles. The summed E-state index contributed by atoms with van der Waals surface area (Å²) in [5.41, 5.74) is 1.33. The number of rotatable bonds is 2. The van der Waals surface area contributed by atoms with Crippen LogP contribution in [0.15, 0.2) is 78.9 Å². The summed E-state index contributed by atoms with van der Waals surface area (Å²) in [6, 6.07) is 28.8. The Balaban J connectivity index is 1.88. The van der Waals surface area contributed by atoms with E-state index < -0.39 is 0 Å². The lowest BCUT2D eigenvalue weighted by Gasteiger charge is -2.06. The topological polar surface area (TPSA) is 17.1 Å². The quantitative estimate of drug-likeness (QED) is 0.471. The fraction of sp³-hybridized carbons (Fsp3) is 0. The summed E-state index contributed by atoms with van der Waals surface area (Å²) in [4.78, 5) is 12.9. The van der Waals surface area contributed by atoms with E-state index in [1.807, 2.05) is 78.9 Å². The second-order valence-electron chi connectivity index (χ2n) is 5.32. The monoisotopic (exact) mass is 281 g/mol. The van der Waals surface area contributed by atoms with Gasteiger partial charge in [-0.3, -0.25) is 4.79 Å². The Hall–Kier alpha value is -2.93. The van der Waals surface area contributed by atoms with E-state index in [0.717, 1.165) is 27.1 Å². The molecule has 0 N–H and O–H groups in total. The van der Waals surface area contributed by atoms with E-state index in [9.17, 15) is 4.79 Å². The van der Waals surface area contributed by atoms with Crippen LogP contribution in [0.1, 0.15) is 15.9 Å². The molecule has 4 rings (SSSR count). The highest BCUT2D eigenvalue weighted by Crippen LogP contribution is 2.23. The van der Waals surface area contributed by atoms with Crippen LogP contribution in [0.2, 0.25) is 0 Å². The van der Waals surface area contributed by atoms with Gasteiger partial charge in [0.25, 0.3) is 0 Å². The summed E-state index contributed by atoms with van der Waals surface area (Å²) < 4.78 is 0. The first-order valence-electron chi connectivity index (χ1n) is 7.26. The maximum absolute atomic E-state index is 12.9. The van der Waals surface area contributed by atoms with E-state index >= 15 is 0 Å². The number of carbonyl (C=O) groups is 1. The molecule has 0 bridgehead atoms. The molecule has 0 saturated carbocycles. The van der Waals surface area contributed by atoms with Crippen LogP contribution in [0, 0.1) is 6.07 Å². The van der Waals surface area contributed by atoms with Crippen molar-refractivity contribution in [2.45, 2.75) is 0 Å². The van der Waals surface area contributed by atoms with Crippen molar-refractivity contribution in [2.75, 3.05) is 0 Å². The van der Waals surface area contributed by atoms with Crippen molar-refractivity contribution >= 4 is 27.3 Å². The first kappa shape index (κ1) is 12.8. The van der Waals surface area contributed by atoms with Crippen molar-refractivity contribution in [2.24, 2.45) is 0 Å². The fourth-order valence-corrected chi connectivity index (χ4v) is 2.82. The molecule has 4 aromatic rings. The highest BCUT2D eigenvalue weighted by molar-refractivity contribution is 6.17. The molecule has 0 aromatic heterocycles. The molecule has 0 aliphatic heterocycles. The molecule has 0 heterocycles. The van der Waals surface area contributed by atoms with Gasteiger partial charge in [-0.25, -0.2) is 0 Å². The molecule has 22 heavy (non-hydrogen) atoms. The number of fused-ring (bicyclic) bond motifs is 2. The highest BCUT2D eigenvalue weighted by Gasteiger charge is 2.12. The van der Waals surface area contributed by atoms with Crippen LogP contribution < -0.4 is 0 Å². The van der Waals surface area contributed by atoms with Gasteiger partial charge in [0.05, 0.1) is 0 Å². The summed E-state index contributed by atoms with van der Waals surface area (Å²) in [6.45, 7) is 0. The molecule has 103 valence electrons. The third-order valence-electron chi connectivity index (χ3n) is 3.94. The molecule has 0 aliphatic rings. The molecule has 1 nitrogen and oxygen atoms in total. The zero-order valence-electron chi connectivity index (χ0n) is 11.9. The van der Waals surface area contributed by atoms with Gasteiger partial charge in [-0.15, -0.1) is 0 Å². The summed E-state index contributed by atoms with van der Waals surface area (Å²) in [5.74, 6) is 0.0163. The molecule has 0 aliphatic carbocycles. The lowest BCUT2D eigenvalue weighted by atomic mass is 9.96. The van der Waals surface area contributed by atoms with Gasteiger partial charge in [0.2, 0.25) is 0 Å². The van der Waals surface area contributed by atoms with E-state index in [4.69, 9.17) is 0 Å². The number of hydrogen-bond donors (Lipinski definition) is 0. The van der Waals surface area contributed by atoms with Crippen LogP contribution in [0.25, 0.3) is 21.5 Å². The van der Waals surface area contributed by atoms with E-state index in [-0.39, 0.29) is 5.78 Å². The van der Waals surface area contributed by atoms with E-state index in [2.05, 4.69) is 6.07 Å². The second kappa shape index (κ2) is 5.12. The van der Waals surface area contributed by atoms with Gasteiger partial charge < -0.3 is 0 Å². The lowest BCUT2D eigenvalue weighted by molar-refractivity contribution is 0.104. The van der Waals surface area contributed by atoms with E-state index in [1.165, 1.54) is 0 Å². The molecule has 4 aromatic carbocycles. The second-order valence-corrected chi connectivity index (χ2v) is 5.32. The minimum atomic E-state index is 0.0163. The average molecular weight is 281 g/mol. The van der Waals surface area contributed by atoms with Gasteiger partial charge in [0.1, 0.15) is 0 Å². The maximum Gasteiger partial charge on any atom is 0.194 e. The Labute approximate surface area is 128 Å². The minimum absolute atomic E-state index is 0.0163.